The minimum atomic E-state index is -0.243. The van der Waals surface area contributed by atoms with Gasteiger partial charge in [-0.2, -0.15) is 0 Å². The Labute approximate surface area is 208 Å². The number of carbonyl (C=O) groups excluding carboxylic acids is 2. The monoisotopic (exact) mass is 481 g/mol. The van der Waals surface area contributed by atoms with E-state index >= 15 is 0 Å². The molecule has 1 fully saturated rings. The Morgan fingerprint density at radius 1 is 1.00 bits per heavy atom. The van der Waals surface area contributed by atoms with E-state index in [1.54, 1.807) is 12.4 Å². The number of piperazine rings is 1. The number of anilines is 2. The van der Waals surface area contributed by atoms with Crippen molar-refractivity contribution in [1.29, 1.82) is 0 Å². The van der Waals surface area contributed by atoms with Crippen molar-refractivity contribution in [2.24, 2.45) is 0 Å². The van der Waals surface area contributed by atoms with Crippen LogP contribution in [0.5, 0.6) is 0 Å². The fraction of sp³-hybridized carbons (Fsp3) is 0.259. The molecule has 5 heterocycles. The largest absolute Gasteiger partial charge is 0.354 e. The van der Waals surface area contributed by atoms with E-state index in [4.69, 9.17) is 0 Å². The molecule has 1 aromatic carbocycles. The molecule has 3 N–H and O–H groups in total. The number of fused-ring (bicyclic) bond motifs is 2. The average molecular weight is 482 g/mol. The Bertz CT molecular complexity index is 1450. The molecule has 2 aliphatic heterocycles. The summed E-state index contributed by atoms with van der Waals surface area (Å²) in [7, 11) is 2.12. The smallest absolute Gasteiger partial charge is 0.257 e. The molecular formula is C27H27N7O2. The number of nitrogens with one attached hydrogen (secondary N) is 3. The Morgan fingerprint density at radius 2 is 1.86 bits per heavy atom. The van der Waals surface area contributed by atoms with Crippen molar-refractivity contribution < 1.29 is 9.59 Å². The van der Waals surface area contributed by atoms with Gasteiger partial charge >= 0.3 is 0 Å². The number of amides is 2. The lowest BCUT2D eigenvalue weighted by atomic mass is 9.95. The van der Waals surface area contributed by atoms with Gasteiger partial charge in [-0.3, -0.25) is 9.59 Å². The predicted octanol–water partition coefficient (Wildman–Crippen LogP) is 2.91. The van der Waals surface area contributed by atoms with E-state index in [2.05, 4.69) is 48.5 Å². The first-order chi connectivity index (χ1) is 17.5. The summed E-state index contributed by atoms with van der Waals surface area (Å²) in [5.41, 5.74) is 5.48. The molecule has 0 saturated carbocycles. The molecule has 9 nitrogen and oxygen atoms in total. The van der Waals surface area contributed by atoms with Gasteiger partial charge in [0.05, 0.1) is 17.4 Å². The number of H-pyrrole nitrogens is 1. The van der Waals surface area contributed by atoms with Gasteiger partial charge in [0.25, 0.3) is 11.8 Å². The summed E-state index contributed by atoms with van der Waals surface area (Å²) in [6.07, 6.45) is 5.96. The summed E-state index contributed by atoms with van der Waals surface area (Å²) in [6.45, 7) is 4.55. The summed E-state index contributed by atoms with van der Waals surface area (Å²) in [6, 6.07) is 11.5. The molecule has 0 radical (unpaired) electrons. The number of hydrogen-bond acceptors (Lipinski definition) is 6. The fourth-order valence-corrected chi connectivity index (χ4v) is 4.85. The van der Waals surface area contributed by atoms with E-state index in [1.165, 1.54) is 0 Å². The molecule has 0 unspecified atom stereocenters. The second kappa shape index (κ2) is 9.09. The lowest BCUT2D eigenvalue weighted by Gasteiger charge is -2.33. The maximum absolute atomic E-state index is 13.0. The van der Waals surface area contributed by atoms with Crippen molar-refractivity contribution >= 4 is 34.4 Å². The van der Waals surface area contributed by atoms with Crippen LogP contribution in [0.25, 0.3) is 22.2 Å². The Hall–Kier alpha value is -4.24. The predicted molar refractivity (Wildman–Crippen MR) is 139 cm³/mol. The third kappa shape index (κ3) is 4.18. The quantitative estimate of drug-likeness (QED) is 0.414. The van der Waals surface area contributed by atoms with Crippen LogP contribution in [0.2, 0.25) is 0 Å². The van der Waals surface area contributed by atoms with Crippen molar-refractivity contribution in [1.82, 2.24) is 25.2 Å². The van der Waals surface area contributed by atoms with Gasteiger partial charge in [0.1, 0.15) is 11.5 Å². The van der Waals surface area contributed by atoms with Crippen LogP contribution in [-0.2, 0) is 6.42 Å². The standard InChI is InChI=1S/C27H27N7O2/c1-33-8-10-34(11-9-33)24-5-3-20(15-29-24)32-26(35)19-13-22-23(16-31-25(22)30-14-19)17-2-4-21-18(12-17)6-7-28-27(21)36/h2-5,12-16H,6-11H2,1H3,(H,28,36)(H,30,31)(H,32,35). The first kappa shape index (κ1) is 22.2. The number of likely N-dealkylation sites (N-methyl/N-ethyl adjacent to an activating group) is 1. The highest BCUT2D eigenvalue weighted by Gasteiger charge is 2.19. The van der Waals surface area contributed by atoms with Gasteiger partial charge in [0.2, 0.25) is 0 Å². The third-order valence-corrected chi connectivity index (χ3v) is 6.97. The van der Waals surface area contributed by atoms with Gasteiger partial charge in [-0.05, 0) is 48.9 Å². The van der Waals surface area contributed by atoms with Crippen molar-refractivity contribution in [2.75, 3.05) is 50.0 Å². The van der Waals surface area contributed by atoms with Crippen LogP contribution < -0.4 is 15.5 Å². The van der Waals surface area contributed by atoms with Gasteiger partial charge in [-0.1, -0.05) is 12.1 Å². The van der Waals surface area contributed by atoms with Crippen molar-refractivity contribution in [3.05, 3.63) is 71.7 Å². The van der Waals surface area contributed by atoms with Crippen LogP contribution in [0.1, 0.15) is 26.3 Å². The van der Waals surface area contributed by atoms with Gasteiger partial charge in [0, 0.05) is 61.6 Å². The summed E-state index contributed by atoms with van der Waals surface area (Å²) in [5, 5.41) is 6.66. The molecule has 3 aromatic heterocycles. The van der Waals surface area contributed by atoms with E-state index < -0.39 is 0 Å². The van der Waals surface area contributed by atoms with Crippen LogP contribution in [-0.4, -0.2) is 71.4 Å². The zero-order valence-corrected chi connectivity index (χ0v) is 20.0. The fourth-order valence-electron chi connectivity index (χ4n) is 4.85. The second-order valence-electron chi connectivity index (χ2n) is 9.35. The van der Waals surface area contributed by atoms with E-state index in [9.17, 15) is 9.59 Å². The van der Waals surface area contributed by atoms with E-state index in [0.29, 0.717) is 23.4 Å². The van der Waals surface area contributed by atoms with Crippen LogP contribution >= 0.6 is 0 Å². The molecule has 6 rings (SSSR count). The SMILES string of the molecule is CN1CCN(c2ccc(NC(=O)c3cnc4[nH]cc(-c5ccc6c(c5)CCNC6=O)c4c3)cn2)CC1. The number of rotatable bonds is 4. The van der Waals surface area contributed by atoms with Crippen LogP contribution in [0.4, 0.5) is 11.5 Å². The van der Waals surface area contributed by atoms with E-state index in [1.807, 2.05) is 36.5 Å². The van der Waals surface area contributed by atoms with Crippen LogP contribution in [0.15, 0.2) is 55.0 Å². The number of aromatic nitrogens is 3. The summed E-state index contributed by atoms with van der Waals surface area (Å²) in [5.74, 6) is 0.643. The Kier molecular flexibility index (Phi) is 5.61. The molecule has 2 amide bonds. The Balaban J connectivity index is 1.22. The molecule has 182 valence electrons. The minimum Gasteiger partial charge on any atom is -0.354 e. The molecular weight excluding hydrogens is 454 g/mol. The van der Waals surface area contributed by atoms with Gasteiger partial charge < -0.3 is 25.4 Å². The third-order valence-electron chi connectivity index (χ3n) is 6.97. The lowest BCUT2D eigenvalue weighted by molar-refractivity contribution is 0.0945. The number of pyridine rings is 2. The van der Waals surface area contributed by atoms with Crippen molar-refractivity contribution in [2.45, 2.75) is 6.42 Å². The van der Waals surface area contributed by atoms with Crippen molar-refractivity contribution in [3.63, 3.8) is 0 Å². The van der Waals surface area contributed by atoms with Crippen molar-refractivity contribution in [3.8, 4) is 11.1 Å². The molecule has 0 bridgehead atoms. The van der Waals surface area contributed by atoms with Crippen LogP contribution in [0.3, 0.4) is 0 Å². The maximum Gasteiger partial charge on any atom is 0.257 e. The summed E-state index contributed by atoms with van der Waals surface area (Å²) >= 11 is 0. The molecule has 0 atom stereocenters. The minimum absolute atomic E-state index is 0.0339. The molecule has 36 heavy (non-hydrogen) atoms. The summed E-state index contributed by atoms with van der Waals surface area (Å²) in [4.78, 5) is 41.9. The van der Waals surface area contributed by atoms with Crippen LogP contribution in [0, 0.1) is 0 Å². The number of carbonyl (C=O) groups is 2. The first-order valence-electron chi connectivity index (χ1n) is 12.1. The molecule has 1 saturated heterocycles. The van der Waals surface area contributed by atoms with E-state index in [0.717, 1.165) is 66.1 Å². The zero-order valence-electron chi connectivity index (χ0n) is 20.0. The number of aromatic amines is 1. The highest BCUT2D eigenvalue weighted by molar-refractivity contribution is 6.07. The second-order valence-corrected chi connectivity index (χ2v) is 9.35. The summed E-state index contributed by atoms with van der Waals surface area (Å²) < 4.78 is 0. The van der Waals surface area contributed by atoms with Gasteiger partial charge in [0.15, 0.2) is 0 Å². The number of nitrogens with zero attached hydrogens (tertiary/aromatic N) is 4. The van der Waals surface area contributed by atoms with Gasteiger partial charge in [-0.25, -0.2) is 9.97 Å². The Morgan fingerprint density at radius 3 is 2.67 bits per heavy atom. The maximum atomic E-state index is 13.0. The van der Waals surface area contributed by atoms with E-state index in [-0.39, 0.29) is 11.8 Å². The normalized spacial score (nSPS) is 16.0. The average Bonchev–Trinajstić information content (AvgIpc) is 3.33. The molecule has 4 aromatic rings. The first-order valence-corrected chi connectivity index (χ1v) is 12.1. The topological polar surface area (TPSA) is 106 Å². The molecule has 2 aliphatic rings. The molecule has 9 heteroatoms. The lowest BCUT2D eigenvalue weighted by Crippen LogP contribution is -2.44. The number of hydrogen-bond donors (Lipinski definition) is 3. The molecule has 0 spiro atoms. The number of benzene rings is 1. The van der Waals surface area contributed by atoms with Gasteiger partial charge in [-0.15, -0.1) is 0 Å². The highest BCUT2D eigenvalue weighted by atomic mass is 16.2. The highest BCUT2D eigenvalue weighted by Crippen LogP contribution is 2.31. The molecule has 0 aliphatic carbocycles. The zero-order chi connectivity index (χ0) is 24.6.